The van der Waals surface area contributed by atoms with Crippen molar-refractivity contribution in [3.8, 4) is 6.07 Å². The first kappa shape index (κ1) is 10.6. The number of hydrogen-bond acceptors (Lipinski definition) is 5. The van der Waals surface area contributed by atoms with E-state index in [4.69, 9.17) is 5.26 Å². The zero-order chi connectivity index (χ0) is 10.6. The summed E-state index contributed by atoms with van der Waals surface area (Å²) in [7, 11) is 0. The third kappa shape index (κ3) is 2.78. The SMILES string of the molecule is CC(C)(C#N)CNC(=O)c1cnns1. The molecule has 0 aliphatic carbocycles. The highest BCUT2D eigenvalue weighted by molar-refractivity contribution is 7.07. The van der Waals surface area contributed by atoms with Crippen molar-refractivity contribution in [2.24, 2.45) is 5.41 Å². The second-order valence-corrected chi connectivity index (χ2v) is 4.25. The molecule has 1 amide bonds. The first-order valence-corrected chi connectivity index (χ1v) is 4.79. The quantitative estimate of drug-likeness (QED) is 0.801. The number of amides is 1. The van der Waals surface area contributed by atoms with Crippen molar-refractivity contribution in [2.75, 3.05) is 6.54 Å². The molecule has 0 saturated heterocycles. The van der Waals surface area contributed by atoms with E-state index in [0.29, 0.717) is 11.4 Å². The molecule has 1 aromatic rings. The van der Waals surface area contributed by atoms with Crippen molar-refractivity contribution in [1.82, 2.24) is 14.9 Å². The van der Waals surface area contributed by atoms with Crippen molar-refractivity contribution >= 4 is 17.4 Å². The summed E-state index contributed by atoms with van der Waals surface area (Å²) in [6, 6.07) is 2.10. The number of hydrogen-bond donors (Lipinski definition) is 1. The lowest BCUT2D eigenvalue weighted by Gasteiger charge is -2.14. The lowest BCUT2D eigenvalue weighted by molar-refractivity contribution is 0.0947. The molecular weight excluding hydrogens is 200 g/mol. The highest BCUT2D eigenvalue weighted by Gasteiger charge is 2.18. The minimum absolute atomic E-state index is 0.233. The second-order valence-electron chi connectivity index (χ2n) is 3.46. The molecule has 6 heteroatoms. The molecule has 0 atom stereocenters. The molecule has 0 radical (unpaired) electrons. The van der Waals surface area contributed by atoms with Crippen LogP contribution in [-0.4, -0.2) is 22.0 Å². The molecule has 0 saturated carbocycles. The largest absolute Gasteiger partial charge is 0.350 e. The summed E-state index contributed by atoms with van der Waals surface area (Å²) >= 11 is 1.03. The van der Waals surface area contributed by atoms with Crippen LogP contribution in [0, 0.1) is 16.7 Å². The van der Waals surface area contributed by atoms with E-state index in [2.05, 4.69) is 21.0 Å². The van der Waals surface area contributed by atoms with Crippen LogP contribution in [-0.2, 0) is 0 Å². The van der Waals surface area contributed by atoms with Crippen LogP contribution in [0.3, 0.4) is 0 Å². The predicted octanol–water partition coefficient (Wildman–Crippen LogP) is 0.818. The smallest absolute Gasteiger partial charge is 0.264 e. The molecular formula is C8H10N4OS. The lowest BCUT2D eigenvalue weighted by Crippen LogP contribution is -2.32. The van der Waals surface area contributed by atoms with Crippen molar-refractivity contribution < 1.29 is 4.79 Å². The van der Waals surface area contributed by atoms with Gasteiger partial charge in [-0.1, -0.05) is 4.49 Å². The molecule has 0 unspecified atom stereocenters. The number of nitrogens with one attached hydrogen (secondary N) is 1. The monoisotopic (exact) mass is 210 g/mol. The summed E-state index contributed by atoms with van der Waals surface area (Å²) in [5.41, 5.74) is -0.548. The molecule has 1 rings (SSSR count). The Balaban J connectivity index is 2.49. The maximum absolute atomic E-state index is 11.4. The van der Waals surface area contributed by atoms with Crippen molar-refractivity contribution in [3.63, 3.8) is 0 Å². The Morgan fingerprint density at radius 3 is 3.00 bits per heavy atom. The third-order valence-electron chi connectivity index (χ3n) is 1.58. The number of nitriles is 1. The fourth-order valence-corrected chi connectivity index (χ4v) is 1.13. The van der Waals surface area contributed by atoms with Crippen molar-refractivity contribution in [3.05, 3.63) is 11.1 Å². The minimum Gasteiger partial charge on any atom is -0.350 e. The van der Waals surface area contributed by atoms with E-state index >= 15 is 0 Å². The van der Waals surface area contributed by atoms with Crippen LogP contribution in [0.25, 0.3) is 0 Å². The zero-order valence-corrected chi connectivity index (χ0v) is 8.76. The molecule has 0 fully saturated rings. The summed E-state index contributed by atoms with van der Waals surface area (Å²) < 4.78 is 3.57. The topological polar surface area (TPSA) is 78.7 Å². The standard InChI is InChI=1S/C8H10N4OS/c1-8(2,4-9)5-10-7(13)6-3-11-12-14-6/h3H,5H2,1-2H3,(H,10,13). The molecule has 0 spiro atoms. The van der Waals surface area contributed by atoms with Gasteiger partial charge in [-0.15, -0.1) is 5.10 Å². The molecule has 14 heavy (non-hydrogen) atoms. The maximum atomic E-state index is 11.4. The van der Waals surface area contributed by atoms with Crippen molar-refractivity contribution in [1.29, 1.82) is 5.26 Å². The molecule has 1 aromatic heterocycles. The Morgan fingerprint density at radius 2 is 2.50 bits per heavy atom. The minimum atomic E-state index is -0.548. The summed E-state index contributed by atoms with van der Waals surface area (Å²) in [4.78, 5) is 11.8. The zero-order valence-electron chi connectivity index (χ0n) is 7.94. The number of aromatic nitrogens is 2. The molecule has 0 aromatic carbocycles. The van der Waals surface area contributed by atoms with E-state index in [1.165, 1.54) is 6.20 Å². The van der Waals surface area contributed by atoms with E-state index in [9.17, 15) is 4.79 Å². The van der Waals surface area contributed by atoms with E-state index in [1.807, 2.05) is 0 Å². The Labute approximate surface area is 85.9 Å². The summed E-state index contributed by atoms with van der Waals surface area (Å²) in [6.07, 6.45) is 1.40. The Bertz CT molecular complexity index is 352. The lowest BCUT2D eigenvalue weighted by atomic mass is 9.96. The first-order chi connectivity index (χ1) is 6.55. The van der Waals surface area contributed by atoms with Gasteiger partial charge in [0.25, 0.3) is 5.91 Å². The Hall–Kier alpha value is -1.48. The van der Waals surface area contributed by atoms with Gasteiger partial charge in [-0.25, -0.2) is 0 Å². The normalized spacial score (nSPS) is 10.6. The average Bonchev–Trinajstić information content (AvgIpc) is 2.67. The molecule has 1 heterocycles. The summed E-state index contributed by atoms with van der Waals surface area (Å²) in [6.45, 7) is 3.84. The summed E-state index contributed by atoms with van der Waals surface area (Å²) in [5, 5.41) is 14.9. The van der Waals surface area contributed by atoms with Crippen LogP contribution >= 0.6 is 11.5 Å². The van der Waals surface area contributed by atoms with Gasteiger partial charge in [0.05, 0.1) is 17.7 Å². The van der Waals surface area contributed by atoms with E-state index in [1.54, 1.807) is 13.8 Å². The van der Waals surface area contributed by atoms with E-state index in [-0.39, 0.29) is 5.91 Å². The fraction of sp³-hybridized carbons (Fsp3) is 0.500. The van der Waals surface area contributed by atoms with Crippen LogP contribution in [0.15, 0.2) is 6.20 Å². The van der Waals surface area contributed by atoms with Gasteiger partial charge in [-0.2, -0.15) is 5.26 Å². The highest BCUT2D eigenvalue weighted by atomic mass is 32.1. The van der Waals surface area contributed by atoms with Gasteiger partial charge in [0.1, 0.15) is 4.88 Å². The van der Waals surface area contributed by atoms with E-state index < -0.39 is 5.41 Å². The van der Waals surface area contributed by atoms with Gasteiger partial charge >= 0.3 is 0 Å². The van der Waals surface area contributed by atoms with Crippen LogP contribution in [0.4, 0.5) is 0 Å². The third-order valence-corrected chi connectivity index (χ3v) is 2.24. The van der Waals surface area contributed by atoms with Crippen LogP contribution in [0.2, 0.25) is 0 Å². The molecule has 0 aliphatic heterocycles. The average molecular weight is 210 g/mol. The first-order valence-electron chi connectivity index (χ1n) is 4.02. The Morgan fingerprint density at radius 1 is 1.79 bits per heavy atom. The van der Waals surface area contributed by atoms with Gasteiger partial charge in [0.15, 0.2) is 0 Å². The van der Waals surface area contributed by atoms with Crippen LogP contribution < -0.4 is 5.32 Å². The molecule has 0 bridgehead atoms. The number of carbonyl (C=O) groups is 1. The predicted molar refractivity (Wildman–Crippen MR) is 51.6 cm³/mol. The van der Waals surface area contributed by atoms with Gasteiger partial charge in [0.2, 0.25) is 0 Å². The Kier molecular flexibility index (Phi) is 3.14. The highest BCUT2D eigenvalue weighted by Crippen LogP contribution is 2.11. The van der Waals surface area contributed by atoms with E-state index in [0.717, 1.165) is 11.5 Å². The van der Waals surface area contributed by atoms with Gasteiger partial charge in [-0.05, 0) is 25.4 Å². The van der Waals surface area contributed by atoms with Gasteiger partial charge in [-0.3, -0.25) is 4.79 Å². The van der Waals surface area contributed by atoms with Crippen molar-refractivity contribution in [2.45, 2.75) is 13.8 Å². The maximum Gasteiger partial charge on any atom is 0.264 e. The summed E-state index contributed by atoms with van der Waals surface area (Å²) in [5.74, 6) is -0.233. The molecule has 0 aliphatic rings. The molecule has 74 valence electrons. The van der Waals surface area contributed by atoms with Gasteiger partial charge in [0, 0.05) is 6.54 Å². The number of rotatable bonds is 3. The number of nitrogens with zero attached hydrogens (tertiary/aromatic N) is 3. The molecule has 1 N–H and O–H groups in total. The fourth-order valence-electron chi connectivity index (χ4n) is 0.695. The van der Waals surface area contributed by atoms with Crippen LogP contribution in [0.1, 0.15) is 23.5 Å². The van der Waals surface area contributed by atoms with Gasteiger partial charge < -0.3 is 5.32 Å². The number of carbonyl (C=O) groups excluding carboxylic acids is 1. The second kappa shape index (κ2) is 4.15. The van der Waals surface area contributed by atoms with Crippen LogP contribution in [0.5, 0.6) is 0 Å². The molecule has 5 nitrogen and oxygen atoms in total.